The molecule has 106 valence electrons. The molecule has 0 atom stereocenters. The summed E-state index contributed by atoms with van der Waals surface area (Å²) in [6, 6.07) is 3.99. The van der Waals surface area contributed by atoms with E-state index in [1.165, 1.54) is 18.2 Å². The molecule has 1 aromatic carbocycles. The zero-order valence-electron chi connectivity index (χ0n) is 11.1. The molecule has 0 radical (unpaired) electrons. The third-order valence-corrected chi connectivity index (χ3v) is 3.95. The molecular weight excluding hydrogens is 288 g/mol. The van der Waals surface area contributed by atoms with E-state index in [0.29, 0.717) is 5.92 Å². The van der Waals surface area contributed by atoms with Crippen molar-refractivity contribution in [2.24, 2.45) is 5.92 Å². The Morgan fingerprint density at radius 1 is 1.37 bits per heavy atom. The highest BCUT2D eigenvalue weighted by molar-refractivity contribution is 7.90. The van der Waals surface area contributed by atoms with Crippen LogP contribution >= 0.6 is 11.6 Å². The lowest BCUT2D eigenvalue weighted by atomic mass is 10.1. The summed E-state index contributed by atoms with van der Waals surface area (Å²) in [6.45, 7) is 4.33. The predicted octanol–water partition coefficient (Wildman–Crippen LogP) is 2.95. The van der Waals surface area contributed by atoms with E-state index in [4.69, 9.17) is 16.3 Å². The normalized spacial score (nSPS) is 11.6. The largest absolute Gasteiger partial charge is 0.462 e. The second kappa shape index (κ2) is 6.39. The molecule has 0 bridgehead atoms. The van der Waals surface area contributed by atoms with Crippen LogP contribution in [0, 0.1) is 5.92 Å². The van der Waals surface area contributed by atoms with E-state index in [1.54, 1.807) is 0 Å². The van der Waals surface area contributed by atoms with Gasteiger partial charge in [0, 0.05) is 6.26 Å². The molecule has 0 fully saturated rings. The molecule has 0 saturated carbocycles. The lowest BCUT2D eigenvalue weighted by Crippen LogP contribution is -2.10. The standard InChI is InChI=1S/C13H17ClO4S/c1-9(2)6-7-18-13(15)11-8-10(19(3,16)17)4-5-12(11)14/h4-5,8-9H,6-7H2,1-3H3. The van der Waals surface area contributed by atoms with Crippen LogP contribution in [0.2, 0.25) is 5.02 Å². The first-order valence-electron chi connectivity index (χ1n) is 5.88. The molecule has 0 aromatic heterocycles. The second-order valence-electron chi connectivity index (χ2n) is 4.73. The van der Waals surface area contributed by atoms with Gasteiger partial charge in [-0.05, 0) is 30.5 Å². The Bertz CT molecular complexity index is 564. The minimum absolute atomic E-state index is 0.0488. The second-order valence-corrected chi connectivity index (χ2v) is 7.16. The zero-order chi connectivity index (χ0) is 14.6. The van der Waals surface area contributed by atoms with Gasteiger partial charge in [-0.25, -0.2) is 13.2 Å². The van der Waals surface area contributed by atoms with Crippen molar-refractivity contribution in [2.75, 3.05) is 12.9 Å². The molecule has 0 aliphatic rings. The van der Waals surface area contributed by atoms with Crippen LogP contribution < -0.4 is 0 Å². The third-order valence-electron chi connectivity index (χ3n) is 2.51. The summed E-state index contributed by atoms with van der Waals surface area (Å²) in [5, 5.41) is 0.182. The maximum atomic E-state index is 11.8. The van der Waals surface area contributed by atoms with E-state index >= 15 is 0 Å². The van der Waals surface area contributed by atoms with Crippen molar-refractivity contribution in [3.05, 3.63) is 28.8 Å². The predicted molar refractivity (Wildman–Crippen MR) is 74.3 cm³/mol. The number of hydrogen-bond donors (Lipinski definition) is 0. The van der Waals surface area contributed by atoms with Crippen LogP contribution in [0.1, 0.15) is 30.6 Å². The Kier molecular flexibility index (Phi) is 5.38. The average molecular weight is 305 g/mol. The number of ether oxygens (including phenoxy) is 1. The number of esters is 1. The molecule has 0 unspecified atom stereocenters. The van der Waals surface area contributed by atoms with E-state index in [0.717, 1.165) is 12.7 Å². The van der Waals surface area contributed by atoms with Gasteiger partial charge in [-0.15, -0.1) is 0 Å². The average Bonchev–Trinajstić information content (AvgIpc) is 2.27. The first kappa shape index (κ1) is 16.0. The minimum atomic E-state index is -3.38. The Hall–Kier alpha value is -1.07. The lowest BCUT2D eigenvalue weighted by molar-refractivity contribution is 0.0488. The van der Waals surface area contributed by atoms with Crippen molar-refractivity contribution in [3.8, 4) is 0 Å². The molecule has 0 N–H and O–H groups in total. The highest BCUT2D eigenvalue weighted by Crippen LogP contribution is 2.21. The molecule has 0 aliphatic heterocycles. The number of carbonyl (C=O) groups excluding carboxylic acids is 1. The van der Waals surface area contributed by atoms with E-state index < -0.39 is 15.8 Å². The summed E-state index contributed by atoms with van der Waals surface area (Å²) in [4.78, 5) is 11.9. The molecule has 0 saturated heterocycles. The van der Waals surface area contributed by atoms with Gasteiger partial charge in [0.25, 0.3) is 0 Å². The van der Waals surface area contributed by atoms with Gasteiger partial charge in [-0.2, -0.15) is 0 Å². The SMILES string of the molecule is CC(C)CCOC(=O)c1cc(S(C)(=O)=O)ccc1Cl. The van der Waals surface area contributed by atoms with Gasteiger partial charge in [0.1, 0.15) is 0 Å². The Morgan fingerprint density at radius 2 is 2.00 bits per heavy atom. The summed E-state index contributed by atoms with van der Waals surface area (Å²) in [5.41, 5.74) is 0.0772. The van der Waals surface area contributed by atoms with Crippen LogP contribution in [-0.2, 0) is 14.6 Å². The van der Waals surface area contributed by atoms with Gasteiger partial charge in [0.15, 0.2) is 9.84 Å². The summed E-state index contributed by atoms with van der Waals surface area (Å²) in [5.74, 6) is -0.179. The van der Waals surface area contributed by atoms with Crippen molar-refractivity contribution in [2.45, 2.75) is 25.2 Å². The molecule has 0 aliphatic carbocycles. The van der Waals surface area contributed by atoms with Crippen LogP contribution in [0.4, 0.5) is 0 Å². The Labute approximate surface area is 118 Å². The van der Waals surface area contributed by atoms with Gasteiger partial charge in [-0.3, -0.25) is 0 Å². The van der Waals surface area contributed by atoms with Gasteiger partial charge >= 0.3 is 5.97 Å². The van der Waals surface area contributed by atoms with Crippen LogP contribution in [0.15, 0.2) is 23.1 Å². The van der Waals surface area contributed by atoms with Crippen molar-refractivity contribution in [3.63, 3.8) is 0 Å². The molecule has 4 nitrogen and oxygen atoms in total. The monoisotopic (exact) mass is 304 g/mol. The van der Waals surface area contributed by atoms with E-state index in [9.17, 15) is 13.2 Å². The highest BCUT2D eigenvalue weighted by Gasteiger charge is 2.16. The number of rotatable bonds is 5. The molecular formula is C13H17ClO4S. The first-order chi connectivity index (χ1) is 8.71. The van der Waals surface area contributed by atoms with E-state index in [-0.39, 0.29) is 22.1 Å². The molecule has 1 rings (SSSR count). The molecule has 0 heterocycles. The summed E-state index contributed by atoms with van der Waals surface area (Å²) < 4.78 is 27.9. The van der Waals surface area contributed by atoms with E-state index in [2.05, 4.69) is 0 Å². The zero-order valence-corrected chi connectivity index (χ0v) is 12.7. The summed E-state index contributed by atoms with van der Waals surface area (Å²) in [7, 11) is -3.38. The van der Waals surface area contributed by atoms with Gasteiger partial charge in [0.05, 0.1) is 22.1 Å². The summed E-state index contributed by atoms with van der Waals surface area (Å²) >= 11 is 5.89. The number of sulfone groups is 1. The maximum Gasteiger partial charge on any atom is 0.339 e. The third kappa shape index (κ3) is 4.84. The van der Waals surface area contributed by atoms with Crippen molar-refractivity contribution in [1.29, 1.82) is 0 Å². The molecule has 0 amide bonds. The molecule has 19 heavy (non-hydrogen) atoms. The number of hydrogen-bond acceptors (Lipinski definition) is 4. The van der Waals surface area contributed by atoms with Gasteiger partial charge < -0.3 is 4.74 Å². The lowest BCUT2D eigenvalue weighted by Gasteiger charge is -2.09. The fraction of sp³-hybridized carbons (Fsp3) is 0.462. The van der Waals surface area contributed by atoms with Crippen LogP contribution in [0.5, 0.6) is 0 Å². The maximum absolute atomic E-state index is 11.8. The van der Waals surface area contributed by atoms with Crippen molar-refractivity contribution < 1.29 is 17.9 Å². The number of halogens is 1. The molecule has 6 heteroatoms. The van der Waals surface area contributed by atoms with Crippen LogP contribution in [-0.4, -0.2) is 27.2 Å². The number of carbonyl (C=O) groups is 1. The van der Waals surface area contributed by atoms with Crippen molar-refractivity contribution in [1.82, 2.24) is 0 Å². The van der Waals surface area contributed by atoms with Gasteiger partial charge in [-0.1, -0.05) is 25.4 Å². The number of benzene rings is 1. The molecule has 1 aromatic rings. The Balaban J connectivity index is 2.90. The first-order valence-corrected chi connectivity index (χ1v) is 8.15. The van der Waals surface area contributed by atoms with Crippen molar-refractivity contribution >= 4 is 27.4 Å². The fourth-order valence-corrected chi connectivity index (χ4v) is 2.20. The highest BCUT2D eigenvalue weighted by atomic mass is 35.5. The summed E-state index contributed by atoms with van der Waals surface area (Å²) in [6.07, 6.45) is 1.82. The van der Waals surface area contributed by atoms with Crippen LogP contribution in [0.25, 0.3) is 0 Å². The quantitative estimate of drug-likeness (QED) is 0.785. The topological polar surface area (TPSA) is 60.4 Å². The fourth-order valence-electron chi connectivity index (χ4n) is 1.36. The van der Waals surface area contributed by atoms with E-state index in [1.807, 2.05) is 13.8 Å². The Morgan fingerprint density at radius 3 is 2.53 bits per heavy atom. The minimum Gasteiger partial charge on any atom is -0.462 e. The molecule has 0 spiro atoms. The van der Waals surface area contributed by atoms with Gasteiger partial charge in [0.2, 0.25) is 0 Å². The smallest absolute Gasteiger partial charge is 0.339 e. The van der Waals surface area contributed by atoms with Crippen LogP contribution in [0.3, 0.4) is 0 Å².